The minimum absolute atomic E-state index is 0.00611. The number of aromatic nitrogens is 6. The van der Waals surface area contributed by atoms with Gasteiger partial charge in [0.1, 0.15) is 0 Å². The topological polar surface area (TPSA) is 64.7 Å². The van der Waals surface area contributed by atoms with Crippen LogP contribution in [0.4, 0.5) is 45.5 Å². The molecule has 7 nitrogen and oxygen atoms in total. The van der Waals surface area contributed by atoms with Crippen LogP contribution in [0.2, 0.25) is 0 Å². The Hall–Kier alpha value is -4.11. The molecule has 2 aromatic carbocycles. The minimum atomic E-state index is -5.09. The molecule has 4 rings (SSSR count). The van der Waals surface area contributed by atoms with Gasteiger partial charge in [0.2, 0.25) is 0 Å². The summed E-state index contributed by atoms with van der Waals surface area (Å²) in [6.45, 7) is 2.68. The Bertz CT molecular complexity index is 1530. The molecular weight excluding hydrogens is 581 g/mol. The number of anilines is 1. The summed E-state index contributed by atoms with van der Waals surface area (Å²) < 4.78 is 124. The molecule has 0 aliphatic rings. The van der Waals surface area contributed by atoms with Crippen LogP contribution in [-0.4, -0.2) is 30.0 Å². The molecule has 4 aromatic rings. The SMILES string of the molecule is CC(C)c1cn(C)nc1-c1ccc(C(F)(F)F)cc1CN(Cc1cc(C(F)(F)F)cc(C(F)(F)F)c1)c1nnn(C)n1. The summed E-state index contributed by atoms with van der Waals surface area (Å²) in [5.41, 5.74) is -3.06. The largest absolute Gasteiger partial charge is 0.416 e. The normalized spacial score (nSPS) is 12.8. The summed E-state index contributed by atoms with van der Waals surface area (Å²) in [7, 11) is 3.01. The van der Waals surface area contributed by atoms with Crippen LogP contribution < -0.4 is 4.90 Å². The maximum atomic E-state index is 13.8. The number of nitrogens with zero attached hydrogens (tertiary/aromatic N) is 7. The quantitative estimate of drug-likeness (QED) is 0.213. The fourth-order valence-corrected chi connectivity index (χ4v) is 4.41. The molecule has 0 saturated carbocycles. The number of benzene rings is 2. The van der Waals surface area contributed by atoms with E-state index < -0.39 is 53.9 Å². The Labute approximate surface area is 233 Å². The van der Waals surface area contributed by atoms with Gasteiger partial charge in [0.15, 0.2) is 0 Å². The lowest BCUT2D eigenvalue weighted by Gasteiger charge is -2.24. The van der Waals surface area contributed by atoms with Gasteiger partial charge in [-0.1, -0.05) is 25.0 Å². The number of aryl methyl sites for hydroxylation is 2. The van der Waals surface area contributed by atoms with Gasteiger partial charge in [0.25, 0.3) is 5.95 Å². The molecular formula is C26H24F9N7. The Morgan fingerprint density at radius 3 is 1.86 bits per heavy atom. The second-order valence-electron chi connectivity index (χ2n) is 9.98. The highest BCUT2D eigenvalue weighted by Crippen LogP contribution is 2.39. The van der Waals surface area contributed by atoms with Crippen LogP contribution in [0.5, 0.6) is 0 Å². The van der Waals surface area contributed by atoms with E-state index in [0.717, 1.165) is 27.4 Å². The average Bonchev–Trinajstić information content (AvgIpc) is 3.47. The first-order chi connectivity index (χ1) is 19.3. The number of hydrogen-bond acceptors (Lipinski definition) is 5. The molecule has 0 radical (unpaired) electrons. The molecule has 0 spiro atoms. The highest BCUT2D eigenvalue weighted by atomic mass is 19.4. The molecule has 0 aliphatic carbocycles. The first kappa shape index (κ1) is 30.8. The van der Waals surface area contributed by atoms with Gasteiger partial charge >= 0.3 is 18.5 Å². The third-order valence-corrected chi connectivity index (χ3v) is 6.33. The van der Waals surface area contributed by atoms with E-state index in [2.05, 4.69) is 20.5 Å². The number of tetrazole rings is 1. The molecule has 0 atom stereocenters. The van der Waals surface area contributed by atoms with Crippen molar-refractivity contribution in [3.05, 3.63) is 76.0 Å². The van der Waals surface area contributed by atoms with Gasteiger partial charge in [-0.25, -0.2) is 0 Å². The molecule has 0 aliphatic heterocycles. The zero-order chi connectivity index (χ0) is 31.2. The van der Waals surface area contributed by atoms with E-state index in [1.807, 2.05) is 13.8 Å². The zero-order valence-corrected chi connectivity index (χ0v) is 22.6. The molecule has 16 heteroatoms. The Morgan fingerprint density at radius 1 is 0.762 bits per heavy atom. The number of hydrogen-bond donors (Lipinski definition) is 0. The van der Waals surface area contributed by atoms with Gasteiger partial charge in [-0.15, -0.1) is 5.10 Å². The van der Waals surface area contributed by atoms with Crippen molar-refractivity contribution in [3.8, 4) is 11.3 Å². The van der Waals surface area contributed by atoms with Crippen LogP contribution in [-0.2, 0) is 45.7 Å². The summed E-state index contributed by atoms with van der Waals surface area (Å²) in [5.74, 6) is -0.301. The van der Waals surface area contributed by atoms with Gasteiger partial charge in [0, 0.05) is 37.5 Å². The van der Waals surface area contributed by atoms with Crippen LogP contribution in [0.1, 0.15) is 53.1 Å². The molecule has 226 valence electrons. The fraction of sp³-hybridized carbons (Fsp3) is 0.385. The summed E-state index contributed by atoms with van der Waals surface area (Å²) in [6.07, 6.45) is -13.2. The predicted molar refractivity (Wildman–Crippen MR) is 133 cm³/mol. The van der Waals surface area contributed by atoms with Crippen molar-refractivity contribution in [3.63, 3.8) is 0 Å². The maximum absolute atomic E-state index is 13.8. The van der Waals surface area contributed by atoms with Gasteiger partial charge < -0.3 is 4.90 Å². The molecule has 0 N–H and O–H groups in total. The van der Waals surface area contributed by atoms with E-state index in [-0.39, 0.29) is 23.5 Å². The Kier molecular flexibility index (Phi) is 8.04. The standard InChI is InChI=1S/C26H24F9N7/c1-14(2)21-13-40(3)37-22(21)20-6-5-17(24(27,28)29)9-16(20)12-42(23-36-39-41(4)38-23)11-15-7-18(25(30,31)32)10-19(8-15)26(33,34)35/h5-10,13-14H,11-12H2,1-4H3. The first-order valence-electron chi connectivity index (χ1n) is 12.3. The highest BCUT2D eigenvalue weighted by molar-refractivity contribution is 5.68. The number of rotatable bonds is 7. The van der Waals surface area contributed by atoms with E-state index in [1.54, 1.807) is 13.2 Å². The monoisotopic (exact) mass is 605 g/mol. The third kappa shape index (κ3) is 6.85. The van der Waals surface area contributed by atoms with Crippen LogP contribution in [0.3, 0.4) is 0 Å². The van der Waals surface area contributed by atoms with Crippen LogP contribution in [0.25, 0.3) is 11.3 Å². The van der Waals surface area contributed by atoms with Gasteiger partial charge in [0.05, 0.1) is 29.4 Å². The van der Waals surface area contributed by atoms with Gasteiger partial charge in [-0.3, -0.25) is 4.68 Å². The van der Waals surface area contributed by atoms with Crippen LogP contribution in [0, 0.1) is 0 Å². The van der Waals surface area contributed by atoms with Crippen molar-refractivity contribution >= 4 is 5.95 Å². The zero-order valence-electron chi connectivity index (χ0n) is 22.6. The van der Waals surface area contributed by atoms with E-state index in [4.69, 9.17) is 0 Å². The number of alkyl halides is 9. The number of halogens is 9. The van der Waals surface area contributed by atoms with Crippen molar-refractivity contribution < 1.29 is 39.5 Å². The summed E-state index contributed by atoms with van der Waals surface area (Å²) in [5, 5.41) is 15.9. The fourth-order valence-electron chi connectivity index (χ4n) is 4.41. The molecule has 2 aromatic heterocycles. The van der Waals surface area contributed by atoms with Gasteiger partial charge in [-0.05, 0) is 52.6 Å². The van der Waals surface area contributed by atoms with Crippen molar-refractivity contribution in [2.75, 3.05) is 4.90 Å². The average molecular weight is 606 g/mol. The second kappa shape index (κ2) is 10.9. The minimum Gasteiger partial charge on any atom is -0.330 e. The molecule has 0 saturated heterocycles. The van der Waals surface area contributed by atoms with Crippen molar-refractivity contribution in [2.45, 2.75) is 51.4 Å². The van der Waals surface area contributed by atoms with E-state index in [0.29, 0.717) is 23.4 Å². The van der Waals surface area contributed by atoms with Gasteiger partial charge in [-0.2, -0.15) is 49.4 Å². The Morgan fingerprint density at radius 2 is 1.36 bits per heavy atom. The second-order valence-corrected chi connectivity index (χ2v) is 9.98. The smallest absolute Gasteiger partial charge is 0.330 e. The summed E-state index contributed by atoms with van der Waals surface area (Å²) in [4.78, 5) is 2.15. The van der Waals surface area contributed by atoms with Crippen molar-refractivity contribution in [1.82, 2.24) is 30.0 Å². The lowest BCUT2D eigenvalue weighted by Crippen LogP contribution is -2.25. The first-order valence-corrected chi connectivity index (χ1v) is 12.3. The van der Waals surface area contributed by atoms with E-state index >= 15 is 0 Å². The lowest BCUT2D eigenvalue weighted by molar-refractivity contribution is -0.143. The molecule has 0 fully saturated rings. The summed E-state index contributed by atoms with van der Waals surface area (Å²) >= 11 is 0. The summed E-state index contributed by atoms with van der Waals surface area (Å²) in [6, 6.07) is 4.06. The molecule has 0 unspecified atom stereocenters. The molecule has 2 heterocycles. The van der Waals surface area contributed by atoms with Crippen LogP contribution >= 0.6 is 0 Å². The van der Waals surface area contributed by atoms with E-state index in [9.17, 15) is 39.5 Å². The van der Waals surface area contributed by atoms with Crippen molar-refractivity contribution in [1.29, 1.82) is 0 Å². The predicted octanol–water partition coefficient (Wildman–Crippen LogP) is 7.00. The van der Waals surface area contributed by atoms with Crippen LogP contribution in [0.15, 0.2) is 42.6 Å². The molecule has 0 bridgehead atoms. The lowest BCUT2D eigenvalue weighted by atomic mass is 9.94. The van der Waals surface area contributed by atoms with Crippen molar-refractivity contribution in [2.24, 2.45) is 14.1 Å². The molecule has 0 amide bonds. The maximum Gasteiger partial charge on any atom is 0.416 e. The highest BCUT2D eigenvalue weighted by Gasteiger charge is 2.37. The van der Waals surface area contributed by atoms with E-state index in [1.165, 1.54) is 17.8 Å². The molecule has 42 heavy (non-hydrogen) atoms. The third-order valence-electron chi connectivity index (χ3n) is 6.33. The Balaban J connectivity index is 1.88.